The van der Waals surface area contributed by atoms with Crippen LogP contribution in [0, 0.1) is 0 Å². The van der Waals surface area contributed by atoms with Crippen LogP contribution >= 0.6 is 0 Å². The highest BCUT2D eigenvalue weighted by molar-refractivity contribution is 5.33. The topological polar surface area (TPSA) is 33.7 Å². The first-order chi connectivity index (χ1) is 8.92. The molecule has 0 amide bonds. The minimum Gasteiger partial charge on any atom is -0.492 e. The minimum absolute atomic E-state index is 0.309. The van der Waals surface area contributed by atoms with E-state index in [1.807, 2.05) is 6.07 Å². The summed E-state index contributed by atoms with van der Waals surface area (Å²) in [6, 6.07) is 8.30. The first kappa shape index (κ1) is 12.0. The standard InChI is InChI=1S/C14H20N2O2/c1-2-4-14-12(3-1)10-16(6-8-18-14)11-13-9-15-5-7-17-13/h1-4,13,15H,5-11H2. The van der Waals surface area contributed by atoms with Crippen LogP contribution in [0.5, 0.6) is 5.75 Å². The molecule has 18 heavy (non-hydrogen) atoms. The molecule has 1 N–H and O–H groups in total. The summed E-state index contributed by atoms with van der Waals surface area (Å²) in [5.41, 5.74) is 1.28. The Balaban J connectivity index is 1.63. The summed E-state index contributed by atoms with van der Waals surface area (Å²) in [4.78, 5) is 2.42. The molecule has 0 spiro atoms. The summed E-state index contributed by atoms with van der Waals surface area (Å²) in [7, 11) is 0. The maximum Gasteiger partial charge on any atom is 0.123 e. The molecule has 0 radical (unpaired) electrons. The maximum absolute atomic E-state index is 5.77. The SMILES string of the molecule is c1ccc2c(c1)CN(CC1CNCCO1)CCO2. The molecule has 3 rings (SSSR count). The summed E-state index contributed by atoms with van der Waals surface area (Å²) in [5, 5.41) is 3.38. The van der Waals surface area contributed by atoms with Crippen LogP contribution in [0.25, 0.3) is 0 Å². The normalized spacial score (nSPS) is 25.0. The van der Waals surface area contributed by atoms with Crippen molar-refractivity contribution in [2.45, 2.75) is 12.6 Å². The molecule has 0 aromatic heterocycles. The largest absolute Gasteiger partial charge is 0.492 e. The fourth-order valence-electron chi connectivity index (χ4n) is 2.56. The number of ether oxygens (including phenoxy) is 2. The Kier molecular flexibility index (Phi) is 3.78. The Bertz CT molecular complexity index is 391. The minimum atomic E-state index is 0.309. The molecule has 4 nitrogen and oxygen atoms in total. The van der Waals surface area contributed by atoms with E-state index >= 15 is 0 Å². The predicted molar refractivity (Wildman–Crippen MR) is 69.8 cm³/mol. The van der Waals surface area contributed by atoms with E-state index in [2.05, 4.69) is 28.4 Å². The second-order valence-corrected chi connectivity index (χ2v) is 4.89. The van der Waals surface area contributed by atoms with Crippen molar-refractivity contribution in [1.29, 1.82) is 0 Å². The number of hydrogen-bond acceptors (Lipinski definition) is 4. The van der Waals surface area contributed by atoms with Gasteiger partial charge in [0.2, 0.25) is 0 Å². The molecule has 2 aliphatic heterocycles. The van der Waals surface area contributed by atoms with Crippen molar-refractivity contribution in [3.63, 3.8) is 0 Å². The highest BCUT2D eigenvalue weighted by Gasteiger charge is 2.20. The van der Waals surface area contributed by atoms with Gasteiger partial charge in [0, 0.05) is 38.3 Å². The average Bonchev–Trinajstić information content (AvgIpc) is 2.61. The fourth-order valence-corrected chi connectivity index (χ4v) is 2.56. The van der Waals surface area contributed by atoms with E-state index < -0.39 is 0 Å². The van der Waals surface area contributed by atoms with Gasteiger partial charge in [0.15, 0.2) is 0 Å². The number of fused-ring (bicyclic) bond motifs is 1. The Morgan fingerprint density at radius 2 is 2.22 bits per heavy atom. The summed E-state index contributed by atoms with van der Waals surface area (Å²) in [5.74, 6) is 1.03. The van der Waals surface area contributed by atoms with Crippen molar-refractivity contribution in [1.82, 2.24) is 10.2 Å². The van der Waals surface area contributed by atoms with Crippen LogP contribution in [-0.4, -0.2) is 50.4 Å². The number of benzene rings is 1. The Labute approximate surface area is 108 Å². The number of morpholine rings is 1. The molecule has 1 aromatic rings. The van der Waals surface area contributed by atoms with Crippen molar-refractivity contribution < 1.29 is 9.47 Å². The van der Waals surface area contributed by atoms with E-state index in [0.717, 1.165) is 51.7 Å². The molecule has 1 unspecified atom stereocenters. The summed E-state index contributed by atoms with van der Waals surface area (Å²) in [6.07, 6.45) is 0.309. The summed E-state index contributed by atoms with van der Waals surface area (Å²) < 4.78 is 11.5. The van der Waals surface area contributed by atoms with Crippen LogP contribution in [0.2, 0.25) is 0 Å². The van der Waals surface area contributed by atoms with Crippen molar-refractivity contribution in [2.75, 3.05) is 39.4 Å². The molecule has 2 aliphatic rings. The molecule has 0 saturated carbocycles. The van der Waals surface area contributed by atoms with Gasteiger partial charge in [-0.2, -0.15) is 0 Å². The van der Waals surface area contributed by atoms with Crippen LogP contribution in [-0.2, 0) is 11.3 Å². The van der Waals surface area contributed by atoms with Gasteiger partial charge in [0.1, 0.15) is 12.4 Å². The van der Waals surface area contributed by atoms with Gasteiger partial charge in [0.25, 0.3) is 0 Å². The Morgan fingerprint density at radius 3 is 3.11 bits per heavy atom. The van der Waals surface area contributed by atoms with E-state index in [-0.39, 0.29) is 0 Å². The van der Waals surface area contributed by atoms with E-state index in [9.17, 15) is 0 Å². The second-order valence-electron chi connectivity index (χ2n) is 4.89. The van der Waals surface area contributed by atoms with Crippen molar-refractivity contribution in [2.24, 2.45) is 0 Å². The van der Waals surface area contributed by atoms with Crippen LogP contribution < -0.4 is 10.1 Å². The number of hydrogen-bond donors (Lipinski definition) is 1. The number of nitrogens with one attached hydrogen (secondary N) is 1. The first-order valence-corrected chi connectivity index (χ1v) is 6.67. The number of para-hydroxylation sites is 1. The van der Waals surface area contributed by atoms with Gasteiger partial charge in [-0.15, -0.1) is 0 Å². The molecular formula is C14H20N2O2. The lowest BCUT2D eigenvalue weighted by Gasteiger charge is -2.29. The zero-order valence-electron chi connectivity index (χ0n) is 10.6. The fraction of sp³-hybridized carbons (Fsp3) is 0.571. The van der Waals surface area contributed by atoms with E-state index in [0.29, 0.717) is 6.10 Å². The third-order valence-electron chi connectivity index (χ3n) is 3.50. The average molecular weight is 248 g/mol. The van der Waals surface area contributed by atoms with Gasteiger partial charge in [-0.25, -0.2) is 0 Å². The first-order valence-electron chi connectivity index (χ1n) is 6.67. The molecule has 0 bridgehead atoms. The van der Waals surface area contributed by atoms with Crippen LogP contribution in [0.3, 0.4) is 0 Å². The van der Waals surface area contributed by atoms with Crippen molar-refractivity contribution in [3.05, 3.63) is 29.8 Å². The lowest BCUT2D eigenvalue weighted by molar-refractivity contribution is 0.00335. The van der Waals surface area contributed by atoms with Crippen LogP contribution in [0.4, 0.5) is 0 Å². The molecule has 1 aromatic carbocycles. The molecule has 1 atom stereocenters. The highest BCUT2D eigenvalue weighted by Crippen LogP contribution is 2.22. The van der Waals surface area contributed by atoms with Gasteiger partial charge in [-0.3, -0.25) is 4.90 Å². The molecule has 0 aliphatic carbocycles. The van der Waals surface area contributed by atoms with E-state index in [1.165, 1.54) is 5.56 Å². The van der Waals surface area contributed by atoms with Gasteiger partial charge in [-0.05, 0) is 6.07 Å². The van der Waals surface area contributed by atoms with E-state index in [1.54, 1.807) is 0 Å². The number of rotatable bonds is 2. The molecular weight excluding hydrogens is 228 g/mol. The van der Waals surface area contributed by atoms with Gasteiger partial charge in [0.05, 0.1) is 12.7 Å². The Hall–Kier alpha value is -1.10. The molecule has 98 valence electrons. The number of nitrogens with zero attached hydrogens (tertiary/aromatic N) is 1. The second kappa shape index (κ2) is 5.69. The third-order valence-corrected chi connectivity index (χ3v) is 3.50. The van der Waals surface area contributed by atoms with Gasteiger partial charge < -0.3 is 14.8 Å². The van der Waals surface area contributed by atoms with Crippen molar-refractivity contribution in [3.8, 4) is 5.75 Å². The molecule has 2 heterocycles. The molecule has 1 fully saturated rings. The van der Waals surface area contributed by atoms with E-state index in [4.69, 9.17) is 9.47 Å². The smallest absolute Gasteiger partial charge is 0.123 e. The van der Waals surface area contributed by atoms with Gasteiger partial charge >= 0.3 is 0 Å². The van der Waals surface area contributed by atoms with Crippen LogP contribution in [0.1, 0.15) is 5.56 Å². The zero-order chi connectivity index (χ0) is 12.2. The van der Waals surface area contributed by atoms with Gasteiger partial charge in [-0.1, -0.05) is 18.2 Å². The quantitative estimate of drug-likeness (QED) is 0.842. The lowest BCUT2D eigenvalue weighted by atomic mass is 10.2. The maximum atomic E-state index is 5.77. The monoisotopic (exact) mass is 248 g/mol. The summed E-state index contributed by atoms with van der Waals surface area (Å²) in [6.45, 7) is 6.42. The van der Waals surface area contributed by atoms with Crippen LogP contribution in [0.15, 0.2) is 24.3 Å². The summed E-state index contributed by atoms with van der Waals surface area (Å²) >= 11 is 0. The van der Waals surface area contributed by atoms with Crippen molar-refractivity contribution >= 4 is 0 Å². The zero-order valence-corrected chi connectivity index (χ0v) is 10.6. The Morgan fingerprint density at radius 1 is 1.28 bits per heavy atom. The predicted octanol–water partition coefficient (Wildman–Crippen LogP) is 0.869. The molecule has 4 heteroatoms. The highest BCUT2D eigenvalue weighted by atomic mass is 16.5. The third kappa shape index (κ3) is 2.83. The lowest BCUT2D eigenvalue weighted by Crippen LogP contribution is -2.45. The molecule has 1 saturated heterocycles.